The molecule has 0 bridgehead atoms. The van der Waals surface area contributed by atoms with E-state index in [0.717, 1.165) is 4.47 Å². The van der Waals surface area contributed by atoms with Gasteiger partial charge in [0, 0.05) is 15.6 Å². The number of phenols is 6. The second-order valence-corrected chi connectivity index (χ2v) is 11.2. The van der Waals surface area contributed by atoms with Crippen molar-refractivity contribution in [2.45, 2.75) is 41.5 Å². The lowest BCUT2D eigenvalue weighted by Crippen LogP contribution is -1.88. The number of benzene rings is 6. The van der Waals surface area contributed by atoms with Crippen LogP contribution in [0.5, 0.6) is 34.5 Å². The molecule has 0 radical (unpaired) electrons. The molecule has 0 aliphatic heterocycles. The van der Waals surface area contributed by atoms with Gasteiger partial charge in [-0.15, -0.1) is 0 Å². The van der Waals surface area contributed by atoms with E-state index in [-0.39, 0.29) is 16.5 Å². The zero-order chi connectivity index (χ0) is 33.4. The summed E-state index contributed by atoms with van der Waals surface area (Å²) in [6.45, 7) is 10.9. The molecule has 234 valence electrons. The standard InChI is InChI=1S/C13H11Br.C12H12O6.C11H10.C2H6/c1-10-2-4-11(5-3-10)12-6-8-13(14)9-7-12;1-3-7(13)5-6(11(17)9(3)15)12(18)10(16)4(2)8(5)14;1-9-5-4-7-10-6-2-3-8-11(9)10;1-2/h2-9H,1H3;13-18H,1-2H3;2-8H,1H3;1-2H3. The highest BCUT2D eigenvalue weighted by Crippen LogP contribution is 2.54. The molecule has 0 atom stereocenters. The molecule has 0 saturated carbocycles. The van der Waals surface area contributed by atoms with Crippen molar-refractivity contribution < 1.29 is 30.6 Å². The summed E-state index contributed by atoms with van der Waals surface area (Å²) >= 11 is 3.43. The van der Waals surface area contributed by atoms with Gasteiger partial charge in [0.2, 0.25) is 0 Å². The minimum absolute atomic E-state index is 0.0419. The van der Waals surface area contributed by atoms with Crippen LogP contribution in [0.1, 0.15) is 36.1 Å². The van der Waals surface area contributed by atoms with Gasteiger partial charge in [-0.25, -0.2) is 0 Å². The zero-order valence-electron chi connectivity index (χ0n) is 26.2. The average Bonchev–Trinajstić information content (AvgIpc) is 3.06. The minimum atomic E-state index is -0.719. The topological polar surface area (TPSA) is 121 Å². The first-order valence-electron chi connectivity index (χ1n) is 14.5. The smallest absolute Gasteiger partial charge is 0.170 e. The van der Waals surface area contributed by atoms with E-state index in [2.05, 4.69) is 121 Å². The lowest BCUT2D eigenvalue weighted by Gasteiger charge is -2.15. The van der Waals surface area contributed by atoms with Crippen LogP contribution in [-0.4, -0.2) is 30.6 Å². The molecule has 0 aliphatic rings. The fourth-order valence-corrected chi connectivity index (χ4v) is 4.93. The summed E-state index contributed by atoms with van der Waals surface area (Å²) < 4.78 is 1.12. The molecule has 6 N–H and O–H groups in total. The molecule has 0 heterocycles. The van der Waals surface area contributed by atoms with Crippen molar-refractivity contribution in [3.05, 3.63) is 118 Å². The molecule has 6 aromatic carbocycles. The Labute approximate surface area is 272 Å². The molecule has 6 aromatic rings. The fourth-order valence-electron chi connectivity index (χ4n) is 4.66. The first kappa shape index (κ1) is 34.6. The molecule has 45 heavy (non-hydrogen) atoms. The Hall–Kier alpha value is -4.88. The summed E-state index contributed by atoms with van der Waals surface area (Å²) in [4.78, 5) is 0. The van der Waals surface area contributed by atoms with E-state index < -0.39 is 39.9 Å². The molecule has 6 rings (SSSR count). The Bertz CT molecular complexity index is 1750. The summed E-state index contributed by atoms with van der Waals surface area (Å²) in [5.74, 6) is -3.64. The lowest BCUT2D eigenvalue weighted by molar-refractivity contribution is 0.383. The van der Waals surface area contributed by atoms with Crippen LogP contribution in [0.25, 0.3) is 32.7 Å². The zero-order valence-corrected chi connectivity index (χ0v) is 27.8. The van der Waals surface area contributed by atoms with Crippen molar-refractivity contribution in [3.63, 3.8) is 0 Å². The second kappa shape index (κ2) is 15.2. The Morgan fingerprint density at radius 1 is 0.444 bits per heavy atom. The fraction of sp³-hybridized carbons (Fsp3) is 0.158. The molecular weight excluding hydrogens is 632 g/mol. The molecule has 0 saturated heterocycles. The van der Waals surface area contributed by atoms with E-state index in [1.807, 2.05) is 13.8 Å². The van der Waals surface area contributed by atoms with Crippen molar-refractivity contribution in [3.8, 4) is 45.6 Å². The van der Waals surface area contributed by atoms with Gasteiger partial charge in [0.25, 0.3) is 0 Å². The van der Waals surface area contributed by atoms with Crippen molar-refractivity contribution in [2.75, 3.05) is 0 Å². The van der Waals surface area contributed by atoms with Gasteiger partial charge < -0.3 is 30.6 Å². The minimum Gasteiger partial charge on any atom is -0.507 e. The summed E-state index contributed by atoms with van der Waals surface area (Å²) in [5.41, 5.74) is 5.09. The average molecular weight is 672 g/mol. The predicted molar refractivity (Wildman–Crippen MR) is 188 cm³/mol. The van der Waals surface area contributed by atoms with Crippen LogP contribution in [0.4, 0.5) is 0 Å². The first-order chi connectivity index (χ1) is 21.4. The van der Waals surface area contributed by atoms with Crippen LogP contribution in [0.15, 0.2) is 95.5 Å². The molecule has 0 fully saturated rings. The number of fused-ring (bicyclic) bond motifs is 2. The van der Waals surface area contributed by atoms with Crippen LogP contribution in [0, 0.1) is 27.7 Å². The van der Waals surface area contributed by atoms with Gasteiger partial charge in [0.05, 0.1) is 10.8 Å². The highest BCUT2D eigenvalue weighted by Gasteiger charge is 2.25. The Morgan fingerprint density at radius 3 is 1.36 bits per heavy atom. The number of aryl methyl sites for hydroxylation is 2. The molecule has 7 heteroatoms. The third-order valence-corrected chi connectivity index (χ3v) is 7.83. The maximum Gasteiger partial charge on any atom is 0.170 e. The van der Waals surface area contributed by atoms with Gasteiger partial charge in [-0.1, -0.05) is 114 Å². The van der Waals surface area contributed by atoms with Crippen molar-refractivity contribution in [2.24, 2.45) is 0 Å². The van der Waals surface area contributed by atoms with Crippen LogP contribution < -0.4 is 0 Å². The highest BCUT2D eigenvalue weighted by molar-refractivity contribution is 9.10. The number of hydrogen-bond donors (Lipinski definition) is 6. The summed E-state index contributed by atoms with van der Waals surface area (Å²) in [6, 6.07) is 31.8. The highest BCUT2D eigenvalue weighted by atomic mass is 79.9. The van der Waals surface area contributed by atoms with Crippen molar-refractivity contribution in [1.29, 1.82) is 0 Å². The third kappa shape index (κ3) is 7.62. The van der Waals surface area contributed by atoms with E-state index >= 15 is 0 Å². The van der Waals surface area contributed by atoms with E-state index in [1.54, 1.807) is 0 Å². The second-order valence-electron chi connectivity index (χ2n) is 10.3. The monoisotopic (exact) mass is 670 g/mol. The molecule has 0 spiro atoms. The van der Waals surface area contributed by atoms with Gasteiger partial charge in [0.1, 0.15) is 11.5 Å². The molecule has 0 aromatic heterocycles. The Morgan fingerprint density at radius 2 is 0.867 bits per heavy atom. The predicted octanol–water partition coefficient (Wildman–Crippen LogP) is 10.3. The molecule has 0 aliphatic carbocycles. The Balaban J connectivity index is 0.000000184. The maximum absolute atomic E-state index is 9.86. The first-order valence-corrected chi connectivity index (χ1v) is 15.3. The van der Waals surface area contributed by atoms with Crippen LogP contribution >= 0.6 is 15.9 Å². The van der Waals surface area contributed by atoms with Gasteiger partial charge in [0.15, 0.2) is 23.0 Å². The SMILES string of the molecule is CC.Cc1c(O)c(O)c2c(O)c(O)c(C)c(O)c2c1O.Cc1ccc(-c2ccc(Br)cc2)cc1.Cc1cccc2ccccc12. The lowest BCUT2D eigenvalue weighted by atomic mass is 9.98. The van der Waals surface area contributed by atoms with Gasteiger partial charge in [-0.3, -0.25) is 0 Å². The number of hydrogen-bond acceptors (Lipinski definition) is 6. The van der Waals surface area contributed by atoms with Crippen molar-refractivity contribution in [1.82, 2.24) is 0 Å². The van der Waals surface area contributed by atoms with Gasteiger partial charge in [-0.2, -0.15) is 0 Å². The molecule has 0 amide bonds. The Kier molecular flexibility index (Phi) is 11.7. The number of rotatable bonds is 1. The normalized spacial score (nSPS) is 10.2. The number of aromatic hydroxyl groups is 6. The number of phenolic OH excluding ortho intramolecular Hbond substituents is 6. The van der Waals surface area contributed by atoms with E-state index in [4.69, 9.17) is 0 Å². The van der Waals surface area contributed by atoms with Crippen molar-refractivity contribution >= 4 is 37.5 Å². The van der Waals surface area contributed by atoms with E-state index in [1.165, 1.54) is 46.9 Å². The van der Waals surface area contributed by atoms with Gasteiger partial charge >= 0.3 is 0 Å². The van der Waals surface area contributed by atoms with E-state index in [9.17, 15) is 30.6 Å². The van der Waals surface area contributed by atoms with Crippen LogP contribution in [-0.2, 0) is 0 Å². The number of halogens is 1. The summed E-state index contributed by atoms with van der Waals surface area (Å²) in [7, 11) is 0. The third-order valence-electron chi connectivity index (χ3n) is 7.30. The van der Waals surface area contributed by atoms with Gasteiger partial charge in [-0.05, 0) is 67.3 Å². The summed E-state index contributed by atoms with van der Waals surface area (Å²) in [5, 5.41) is 60.4. The maximum atomic E-state index is 9.86. The molecule has 0 unspecified atom stereocenters. The largest absolute Gasteiger partial charge is 0.507 e. The summed E-state index contributed by atoms with van der Waals surface area (Å²) in [6.07, 6.45) is 0. The molecule has 6 nitrogen and oxygen atoms in total. The van der Waals surface area contributed by atoms with Crippen LogP contribution in [0.2, 0.25) is 0 Å². The van der Waals surface area contributed by atoms with E-state index in [0.29, 0.717) is 0 Å². The quantitative estimate of drug-likeness (QED) is 0.0764. The van der Waals surface area contributed by atoms with Crippen LogP contribution in [0.3, 0.4) is 0 Å². The molecular formula is C38H39BrO6.